The molecule has 1 aromatic carbocycles. The van der Waals surface area contributed by atoms with E-state index in [-0.39, 0.29) is 17.4 Å². The van der Waals surface area contributed by atoms with E-state index in [2.05, 4.69) is 26.4 Å². The fourth-order valence-electron chi connectivity index (χ4n) is 2.76. The van der Waals surface area contributed by atoms with Crippen LogP contribution in [0.1, 0.15) is 52.3 Å². The van der Waals surface area contributed by atoms with Crippen molar-refractivity contribution in [1.29, 1.82) is 0 Å². The Balaban J connectivity index is 1.91. The number of carbonyl (C=O) groups is 1. The van der Waals surface area contributed by atoms with Crippen LogP contribution in [0.3, 0.4) is 0 Å². The summed E-state index contributed by atoms with van der Waals surface area (Å²) in [4.78, 5) is 33.2. The van der Waals surface area contributed by atoms with Crippen molar-refractivity contribution in [1.82, 2.24) is 24.9 Å². The van der Waals surface area contributed by atoms with Crippen molar-refractivity contribution in [2.45, 2.75) is 40.2 Å². The lowest BCUT2D eigenvalue weighted by atomic mass is 9.99. The van der Waals surface area contributed by atoms with Gasteiger partial charge < -0.3 is 5.32 Å². The zero-order chi connectivity index (χ0) is 18.1. The third-order valence-electron chi connectivity index (χ3n) is 4.38. The van der Waals surface area contributed by atoms with Gasteiger partial charge in [-0.05, 0) is 43.9 Å². The molecule has 1 atom stereocenters. The number of H-pyrrole nitrogens is 1. The average molecular weight is 339 g/mol. The van der Waals surface area contributed by atoms with Crippen LogP contribution < -0.4 is 10.9 Å². The minimum absolute atomic E-state index is 0.0107. The van der Waals surface area contributed by atoms with E-state index in [9.17, 15) is 9.59 Å². The Bertz CT molecular complexity index is 1000. The second-order valence-corrected chi connectivity index (χ2v) is 6.20. The molecular formula is C18H21N5O2. The van der Waals surface area contributed by atoms with E-state index in [1.807, 2.05) is 32.9 Å². The maximum atomic E-state index is 12.6. The molecule has 0 aliphatic rings. The number of carbonyl (C=O) groups excluding carboxylic acids is 1. The number of aromatic nitrogens is 4. The summed E-state index contributed by atoms with van der Waals surface area (Å²) in [5.74, 6) is 0.369. The summed E-state index contributed by atoms with van der Waals surface area (Å²) in [5.41, 5.74) is 2.92. The van der Waals surface area contributed by atoms with Crippen LogP contribution in [0.15, 0.2) is 29.2 Å². The minimum atomic E-state index is -0.460. The normalized spacial score (nSPS) is 12.3. The standard InChI is InChI=1S/C18H21N5O2/c1-5-15(13-7-6-10(2)11(3)8-13)21-16(24)14-9-19-18-20-12(4)22-23(18)17(14)25/h6-9,15H,5H2,1-4H3,(H,21,24)(H,19,20,22). The molecule has 0 spiro atoms. The van der Waals surface area contributed by atoms with Crippen LogP contribution in [0.4, 0.5) is 0 Å². The fraction of sp³-hybridized carbons (Fsp3) is 0.333. The number of aryl methyl sites for hydroxylation is 3. The van der Waals surface area contributed by atoms with E-state index < -0.39 is 11.5 Å². The molecule has 1 amide bonds. The molecule has 1 unspecified atom stereocenters. The first-order valence-corrected chi connectivity index (χ1v) is 8.23. The topological polar surface area (TPSA) is 92.2 Å². The summed E-state index contributed by atoms with van der Waals surface area (Å²) >= 11 is 0. The molecule has 2 N–H and O–H groups in total. The predicted octanol–water partition coefficient (Wildman–Crippen LogP) is 2.22. The number of hydrogen-bond acceptors (Lipinski definition) is 4. The van der Waals surface area contributed by atoms with Crippen LogP contribution in [0.5, 0.6) is 0 Å². The van der Waals surface area contributed by atoms with Crippen LogP contribution in [-0.2, 0) is 0 Å². The molecule has 7 heteroatoms. The molecule has 0 aliphatic heterocycles. The van der Waals surface area contributed by atoms with Gasteiger partial charge in [-0.25, -0.2) is 4.98 Å². The van der Waals surface area contributed by atoms with Gasteiger partial charge in [-0.1, -0.05) is 25.1 Å². The number of fused-ring (bicyclic) bond motifs is 1. The van der Waals surface area contributed by atoms with Gasteiger partial charge in [0.2, 0.25) is 0 Å². The second kappa shape index (κ2) is 6.51. The summed E-state index contributed by atoms with van der Waals surface area (Å²) in [5, 5.41) is 5.72. The smallest absolute Gasteiger partial charge is 0.286 e. The summed E-state index contributed by atoms with van der Waals surface area (Å²) in [7, 11) is 0. The molecule has 3 rings (SSSR count). The SMILES string of the molecule is CCC(NC(=O)c1cnc2nc(C)[nH]n2c1=O)c1ccc(C)c(C)c1. The van der Waals surface area contributed by atoms with Crippen molar-refractivity contribution in [3.63, 3.8) is 0 Å². The maximum Gasteiger partial charge on any atom is 0.286 e. The molecule has 2 aromatic heterocycles. The van der Waals surface area contributed by atoms with Crippen LogP contribution >= 0.6 is 0 Å². The highest BCUT2D eigenvalue weighted by Crippen LogP contribution is 2.20. The van der Waals surface area contributed by atoms with Crippen LogP contribution in [0, 0.1) is 20.8 Å². The van der Waals surface area contributed by atoms with Crippen molar-refractivity contribution >= 4 is 11.7 Å². The Morgan fingerprint density at radius 1 is 1.28 bits per heavy atom. The Morgan fingerprint density at radius 3 is 2.72 bits per heavy atom. The van der Waals surface area contributed by atoms with E-state index in [1.165, 1.54) is 21.8 Å². The molecule has 0 radical (unpaired) electrons. The zero-order valence-corrected chi connectivity index (χ0v) is 14.8. The largest absolute Gasteiger partial charge is 0.345 e. The lowest BCUT2D eigenvalue weighted by Crippen LogP contribution is -2.34. The van der Waals surface area contributed by atoms with Gasteiger partial charge in [0.25, 0.3) is 17.2 Å². The van der Waals surface area contributed by atoms with Gasteiger partial charge in [-0.2, -0.15) is 9.50 Å². The number of rotatable bonds is 4. The summed E-state index contributed by atoms with van der Waals surface area (Å²) in [6, 6.07) is 5.94. The molecule has 130 valence electrons. The summed E-state index contributed by atoms with van der Waals surface area (Å²) in [6.07, 6.45) is 1.99. The summed E-state index contributed by atoms with van der Waals surface area (Å²) in [6.45, 7) is 7.80. The highest BCUT2D eigenvalue weighted by molar-refractivity contribution is 5.93. The van der Waals surface area contributed by atoms with Crippen molar-refractivity contribution < 1.29 is 4.79 Å². The number of nitrogens with one attached hydrogen (secondary N) is 2. The maximum absolute atomic E-state index is 12.6. The van der Waals surface area contributed by atoms with Crippen molar-refractivity contribution in [2.75, 3.05) is 0 Å². The van der Waals surface area contributed by atoms with E-state index in [4.69, 9.17) is 0 Å². The molecule has 0 bridgehead atoms. The third kappa shape index (κ3) is 3.17. The number of benzene rings is 1. The Hall–Kier alpha value is -2.96. The molecule has 2 heterocycles. The summed E-state index contributed by atoms with van der Waals surface area (Å²) < 4.78 is 1.18. The first-order valence-electron chi connectivity index (χ1n) is 8.23. The Morgan fingerprint density at radius 2 is 2.04 bits per heavy atom. The van der Waals surface area contributed by atoms with Gasteiger partial charge in [-0.3, -0.25) is 14.7 Å². The minimum Gasteiger partial charge on any atom is -0.345 e. The predicted molar refractivity (Wildman–Crippen MR) is 94.8 cm³/mol. The van der Waals surface area contributed by atoms with Crippen molar-refractivity contribution in [3.05, 3.63) is 62.8 Å². The van der Waals surface area contributed by atoms with Gasteiger partial charge in [-0.15, -0.1) is 0 Å². The van der Waals surface area contributed by atoms with E-state index in [1.54, 1.807) is 6.92 Å². The van der Waals surface area contributed by atoms with Gasteiger partial charge >= 0.3 is 0 Å². The molecule has 7 nitrogen and oxygen atoms in total. The van der Waals surface area contributed by atoms with Gasteiger partial charge in [0, 0.05) is 6.20 Å². The van der Waals surface area contributed by atoms with Crippen molar-refractivity contribution in [3.8, 4) is 0 Å². The zero-order valence-electron chi connectivity index (χ0n) is 14.8. The van der Waals surface area contributed by atoms with Crippen molar-refractivity contribution in [2.24, 2.45) is 0 Å². The highest BCUT2D eigenvalue weighted by atomic mass is 16.2. The number of aromatic amines is 1. The highest BCUT2D eigenvalue weighted by Gasteiger charge is 2.19. The molecule has 0 saturated heterocycles. The van der Waals surface area contributed by atoms with Gasteiger partial charge in [0.1, 0.15) is 11.4 Å². The quantitative estimate of drug-likeness (QED) is 0.762. The molecule has 0 saturated carbocycles. The lowest BCUT2D eigenvalue weighted by molar-refractivity contribution is 0.0933. The molecule has 3 aromatic rings. The Labute approximate surface area is 145 Å². The molecule has 0 aliphatic carbocycles. The monoisotopic (exact) mass is 339 g/mol. The van der Waals surface area contributed by atoms with E-state index >= 15 is 0 Å². The first kappa shape index (κ1) is 16.9. The molecule has 0 fully saturated rings. The fourth-order valence-corrected chi connectivity index (χ4v) is 2.76. The van der Waals surface area contributed by atoms with Gasteiger partial charge in [0.05, 0.1) is 6.04 Å². The Kier molecular flexibility index (Phi) is 4.39. The van der Waals surface area contributed by atoms with Gasteiger partial charge in [0.15, 0.2) is 0 Å². The average Bonchev–Trinajstić information content (AvgIpc) is 2.97. The van der Waals surface area contributed by atoms with E-state index in [0.717, 1.165) is 5.56 Å². The molecule has 25 heavy (non-hydrogen) atoms. The second-order valence-electron chi connectivity index (χ2n) is 6.20. The number of hydrogen-bond donors (Lipinski definition) is 2. The number of nitrogens with zero attached hydrogens (tertiary/aromatic N) is 3. The lowest BCUT2D eigenvalue weighted by Gasteiger charge is -2.18. The third-order valence-corrected chi connectivity index (χ3v) is 4.38. The first-order chi connectivity index (χ1) is 11.9. The van der Waals surface area contributed by atoms with Crippen LogP contribution in [0.2, 0.25) is 0 Å². The number of amides is 1. The van der Waals surface area contributed by atoms with Crippen LogP contribution in [-0.4, -0.2) is 25.5 Å². The van der Waals surface area contributed by atoms with E-state index in [0.29, 0.717) is 12.2 Å². The van der Waals surface area contributed by atoms with Crippen LogP contribution in [0.25, 0.3) is 5.78 Å². The molecular weight excluding hydrogens is 318 g/mol.